The Labute approximate surface area is 89.9 Å². The maximum absolute atomic E-state index is 5.25. The van der Waals surface area contributed by atoms with Gasteiger partial charge in [0.05, 0.1) is 20.8 Å². The first kappa shape index (κ1) is 11.8. The average Bonchev–Trinajstić information content (AvgIpc) is 2.29. The maximum Gasteiger partial charge on any atom is 0.122 e. The molecule has 0 amide bonds. The molecule has 1 aromatic carbocycles. The van der Waals surface area contributed by atoms with E-state index in [9.17, 15) is 0 Å². The highest BCUT2D eigenvalue weighted by Gasteiger charge is 2.04. The van der Waals surface area contributed by atoms with Gasteiger partial charge in [0.2, 0.25) is 0 Å². The number of methoxy groups -OCH3 is 2. The fourth-order valence-electron chi connectivity index (χ4n) is 1.42. The fraction of sp³-hybridized carbons (Fsp3) is 0.455. The standard InChI is InChI=1S/C11H17NO3/c1-13-10-5-6-11(14-2)9(8-10)4-3-7-15-12/h5-6,8H,3-4,7,12H2,1-2H3. The van der Waals surface area contributed by atoms with Crippen molar-refractivity contribution in [3.63, 3.8) is 0 Å². The Bertz CT molecular complexity index is 302. The zero-order valence-electron chi connectivity index (χ0n) is 9.16. The smallest absolute Gasteiger partial charge is 0.122 e. The van der Waals surface area contributed by atoms with Gasteiger partial charge >= 0.3 is 0 Å². The number of nitrogens with two attached hydrogens (primary N) is 1. The third-order valence-electron chi connectivity index (χ3n) is 2.20. The van der Waals surface area contributed by atoms with Crippen LogP contribution in [0, 0.1) is 0 Å². The van der Waals surface area contributed by atoms with Gasteiger partial charge in [0.15, 0.2) is 0 Å². The van der Waals surface area contributed by atoms with Crippen LogP contribution in [0.3, 0.4) is 0 Å². The summed E-state index contributed by atoms with van der Waals surface area (Å²) in [4.78, 5) is 4.52. The van der Waals surface area contributed by atoms with Gasteiger partial charge in [-0.1, -0.05) is 0 Å². The molecule has 4 nitrogen and oxygen atoms in total. The van der Waals surface area contributed by atoms with E-state index in [1.54, 1.807) is 14.2 Å². The van der Waals surface area contributed by atoms with Gasteiger partial charge in [-0.2, -0.15) is 0 Å². The van der Waals surface area contributed by atoms with Gasteiger partial charge in [0, 0.05) is 0 Å². The fourth-order valence-corrected chi connectivity index (χ4v) is 1.42. The third-order valence-corrected chi connectivity index (χ3v) is 2.20. The van der Waals surface area contributed by atoms with Crippen LogP contribution in [0.15, 0.2) is 18.2 Å². The van der Waals surface area contributed by atoms with Crippen LogP contribution in [0.1, 0.15) is 12.0 Å². The molecule has 84 valence electrons. The van der Waals surface area contributed by atoms with Crippen molar-refractivity contribution in [2.45, 2.75) is 12.8 Å². The Hall–Kier alpha value is -1.26. The summed E-state index contributed by atoms with van der Waals surface area (Å²) in [6.45, 7) is 0.542. The molecular weight excluding hydrogens is 194 g/mol. The van der Waals surface area contributed by atoms with E-state index >= 15 is 0 Å². The molecule has 0 heterocycles. The number of aryl methyl sites for hydroxylation is 1. The summed E-state index contributed by atoms with van der Waals surface area (Å²) in [5, 5.41) is 0. The van der Waals surface area contributed by atoms with E-state index in [2.05, 4.69) is 4.84 Å². The summed E-state index contributed by atoms with van der Waals surface area (Å²) in [5.41, 5.74) is 1.11. The second-order valence-corrected chi connectivity index (χ2v) is 3.15. The molecule has 0 aliphatic rings. The minimum absolute atomic E-state index is 0.542. The van der Waals surface area contributed by atoms with Gasteiger partial charge in [0.1, 0.15) is 11.5 Å². The number of hydrogen-bond donors (Lipinski definition) is 1. The normalized spacial score (nSPS) is 10.1. The second-order valence-electron chi connectivity index (χ2n) is 3.15. The largest absolute Gasteiger partial charge is 0.497 e. The predicted molar refractivity (Wildman–Crippen MR) is 58.0 cm³/mol. The van der Waals surface area contributed by atoms with Crippen LogP contribution in [0.2, 0.25) is 0 Å². The second kappa shape index (κ2) is 6.27. The molecule has 0 aliphatic heterocycles. The van der Waals surface area contributed by atoms with Crippen molar-refractivity contribution in [2.24, 2.45) is 5.90 Å². The van der Waals surface area contributed by atoms with Crippen LogP contribution in [-0.4, -0.2) is 20.8 Å². The molecule has 0 saturated carbocycles. The van der Waals surface area contributed by atoms with Gasteiger partial charge in [-0.05, 0) is 36.6 Å². The summed E-state index contributed by atoms with van der Waals surface area (Å²) < 4.78 is 10.4. The van der Waals surface area contributed by atoms with Crippen LogP contribution < -0.4 is 15.4 Å². The summed E-state index contributed by atoms with van der Waals surface area (Å²) in [6.07, 6.45) is 1.72. The molecule has 0 saturated heterocycles. The van der Waals surface area contributed by atoms with Crippen LogP contribution in [0.5, 0.6) is 11.5 Å². The molecule has 1 aromatic rings. The van der Waals surface area contributed by atoms with E-state index in [0.29, 0.717) is 6.61 Å². The first-order chi connectivity index (χ1) is 7.31. The first-order valence-electron chi connectivity index (χ1n) is 4.84. The topological polar surface area (TPSA) is 53.7 Å². The molecule has 4 heteroatoms. The molecule has 0 aromatic heterocycles. The van der Waals surface area contributed by atoms with Gasteiger partial charge in [-0.3, -0.25) is 0 Å². The lowest BCUT2D eigenvalue weighted by Gasteiger charge is -2.09. The van der Waals surface area contributed by atoms with Crippen molar-refractivity contribution < 1.29 is 14.3 Å². The van der Waals surface area contributed by atoms with Crippen molar-refractivity contribution in [3.05, 3.63) is 23.8 Å². The molecule has 0 aliphatic carbocycles. The van der Waals surface area contributed by atoms with Crippen molar-refractivity contribution in [2.75, 3.05) is 20.8 Å². The van der Waals surface area contributed by atoms with Gasteiger partial charge in [-0.25, -0.2) is 5.90 Å². The van der Waals surface area contributed by atoms with E-state index in [1.807, 2.05) is 18.2 Å². The van der Waals surface area contributed by atoms with Crippen LogP contribution in [0.4, 0.5) is 0 Å². The highest BCUT2D eigenvalue weighted by molar-refractivity contribution is 5.40. The quantitative estimate of drug-likeness (QED) is 0.572. The first-order valence-corrected chi connectivity index (χ1v) is 4.84. The molecule has 0 unspecified atom stereocenters. The van der Waals surface area contributed by atoms with E-state index in [-0.39, 0.29) is 0 Å². The summed E-state index contributed by atoms with van der Waals surface area (Å²) >= 11 is 0. The number of rotatable bonds is 6. The maximum atomic E-state index is 5.25. The van der Waals surface area contributed by atoms with Crippen molar-refractivity contribution in [1.82, 2.24) is 0 Å². The zero-order valence-corrected chi connectivity index (χ0v) is 9.16. The lowest BCUT2D eigenvalue weighted by molar-refractivity contribution is 0.135. The minimum atomic E-state index is 0.542. The highest BCUT2D eigenvalue weighted by atomic mass is 16.6. The van der Waals surface area contributed by atoms with E-state index in [4.69, 9.17) is 15.4 Å². The molecule has 1 rings (SSSR count). The molecule has 15 heavy (non-hydrogen) atoms. The summed E-state index contributed by atoms with van der Waals surface area (Å²) in [6, 6.07) is 5.74. The van der Waals surface area contributed by atoms with Gasteiger partial charge < -0.3 is 14.3 Å². The Morgan fingerprint density at radius 2 is 2.00 bits per heavy atom. The lowest BCUT2D eigenvalue weighted by Crippen LogP contribution is -2.02. The van der Waals surface area contributed by atoms with Crippen molar-refractivity contribution in [3.8, 4) is 11.5 Å². The molecular formula is C11H17NO3. The Balaban J connectivity index is 2.72. The van der Waals surface area contributed by atoms with E-state index in [1.165, 1.54) is 0 Å². The lowest BCUT2D eigenvalue weighted by atomic mass is 10.1. The van der Waals surface area contributed by atoms with Gasteiger partial charge in [0.25, 0.3) is 0 Å². The predicted octanol–water partition coefficient (Wildman–Crippen LogP) is 1.53. The molecule has 0 spiro atoms. The van der Waals surface area contributed by atoms with Crippen molar-refractivity contribution >= 4 is 0 Å². The number of ether oxygens (including phenoxy) is 2. The third kappa shape index (κ3) is 3.42. The summed E-state index contributed by atoms with van der Waals surface area (Å²) in [5.74, 6) is 6.66. The molecule has 0 bridgehead atoms. The SMILES string of the molecule is COc1ccc(OC)c(CCCON)c1. The van der Waals surface area contributed by atoms with Crippen LogP contribution in [-0.2, 0) is 11.3 Å². The molecule has 2 N–H and O–H groups in total. The van der Waals surface area contributed by atoms with E-state index < -0.39 is 0 Å². The van der Waals surface area contributed by atoms with E-state index in [0.717, 1.165) is 29.9 Å². The zero-order chi connectivity index (χ0) is 11.1. The Kier molecular flexibility index (Phi) is 4.93. The van der Waals surface area contributed by atoms with Crippen LogP contribution >= 0.6 is 0 Å². The highest BCUT2D eigenvalue weighted by Crippen LogP contribution is 2.24. The monoisotopic (exact) mass is 211 g/mol. The molecule has 0 atom stereocenters. The Morgan fingerprint density at radius 3 is 2.60 bits per heavy atom. The van der Waals surface area contributed by atoms with Crippen molar-refractivity contribution in [1.29, 1.82) is 0 Å². The summed E-state index contributed by atoms with van der Waals surface area (Å²) in [7, 11) is 3.30. The average molecular weight is 211 g/mol. The Morgan fingerprint density at radius 1 is 1.20 bits per heavy atom. The number of hydrogen-bond acceptors (Lipinski definition) is 4. The van der Waals surface area contributed by atoms with Gasteiger partial charge in [-0.15, -0.1) is 0 Å². The number of benzene rings is 1. The molecule has 0 radical (unpaired) electrons. The minimum Gasteiger partial charge on any atom is -0.497 e. The molecule has 0 fully saturated rings. The van der Waals surface area contributed by atoms with Crippen LogP contribution in [0.25, 0.3) is 0 Å².